The Morgan fingerprint density at radius 2 is 1.86 bits per heavy atom. The summed E-state index contributed by atoms with van der Waals surface area (Å²) < 4.78 is 0. The summed E-state index contributed by atoms with van der Waals surface area (Å²) in [6.45, 7) is 2.78. The SMILES string of the molecule is Cc1cccc(NC(=O)N2CC(N3C(=O)CCC3=O)C2)c1. The van der Waals surface area contributed by atoms with Gasteiger partial charge in [-0.05, 0) is 24.6 Å². The molecule has 0 unspecified atom stereocenters. The van der Waals surface area contributed by atoms with Crippen molar-refractivity contribution in [3.8, 4) is 0 Å². The first kappa shape index (κ1) is 13.6. The minimum absolute atomic E-state index is 0.122. The highest BCUT2D eigenvalue weighted by atomic mass is 16.2. The molecular formula is C15H17N3O3. The van der Waals surface area contributed by atoms with Crippen LogP contribution in [0.5, 0.6) is 0 Å². The van der Waals surface area contributed by atoms with Gasteiger partial charge in [-0.3, -0.25) is 14.5 Å². The number of anilines is 1. The molecule has 1 N–H and O–H groups in total. The molecular weight excluding hydrogens is 270 g/mol. The maximum absolute atomic E-state index is 12.1. The van der Waals surface area contributed by atoms with Gasteiger partial charge in [-0.1, -0.05) is 12.1 Å². The number of hydrogen-bond acceptors (Lipinski definition) is 3. The average Bonchev–Trinajstić information content (AvgIpc) is 2.69. The molecule has 0 aliphatic carbocycles. The Bertz CT molecular complexity index is 592. The average molecular weight is 287 g/mol. The van der Waals surface area contributed by atoms with E-state index in [1.54, 1.807) is 4.90 Å². The monoisotopic (exact) mass is 287 g/mol. The van der Waals surface area contributed by atoms with Gasteiger partial charge in [-0.25, -0.2) is 4.79 Å². The molecule has 3 rings (SSSR count). The molecule has 2 aliphatic rings. The van der Waals surface area contributed by atoms with E-state index in [2.05, 4.69) is 5.32 Å². The first-order valence-corrected chi connectivity index (χ1v) is 7.02. The third-order valence-electron chi connectivity index (χ3n) is 3.87. The minimum Gasteiger partial charge on any atom is -0.320 e. The van der Waals surface area contributed by atoms with Crippen molar-refractivity contribution >= 4 is 23.5 Å². The van der Waals surface area contributed by atoms with Crippen LogP contribution in [0.25, 0.3) is 0 Å². The van der Waals surface area contributed by atoms with Gasteiger partial charge in [0.05, 0.1) is 6.04 Å². The fraction of sp³-hybridized carbons (Fsp3) is 0.400. The van der Waals surface area contributed by atoms with Gasteiger partial charge in [0.25, 0.3) is 0 Å². The predicted molar refractivity (Wildman–Crippen MR) is 76.6 cm³/mol. The number of rotatable bonds is 2. The molecule has 2 fully saturated rings. The quantitative estimate of drug-likeness (QED) is 0.835. The van der Waals surface area contributed by atoms with Gasteiger partial charge in [0.1, 0.15) is 0 Å². The van der Waals surface area contributed by atoms with Crippen LogP contribution in [0.2, 0.25) is 0 Å². The van der Waals surface area contributed by atoms with E-state index in [9.17, 15) is 14.4 Å². The fourth-order valence-electron chi connectivity index (χ4n) is 2.71. The highest BCUT2D eigenvalue weighted by Crippen LogP contribution is 2.23. The summed E-state index contributed by atoms with van der Waals surface area (Å²) in [6.07, 6.45) is 0.593. The molecule has 2 heterocycles. The summed E-state index contributed by atoms with van der Waals surface area (Å²) >= 11 is 0. The number of aryl methyl sites for hydroxylation is 1. The van der Waals surface area contributed by atoms with Crippen molar-refractivity contribution in [3.63, 3.8) is 0 Å². The number of urea groups is 1. The number of likely N-dealkylation sites (tertiary alicyclic amines) is 2. The third-order valence-corrected chi connectivity index (χ3v) is 3.87. The van der Waals surface area contributed by atoms with Gasteiger partial charge in [0.15, 0.2) is 0 Å². The van der Waals surface area contributed by atoms with Gasteiger partial charge >= 0.3 is 6.03 Å². The second-order valence-corrected chi connectivity index (χ2v) is 5.52. The lowest BCUT2D eigenvalue weighted by Crippen LogP contribution is -2.63. The van der Waals surface area contributed by atoms with E-state index in [1.807, 2.05) is 31.2 Å². The number of carbonyl (C=O) groups excluding carboxylic acids is 3. The van der Waals surface area contributed by atoms with Crippen LogP contribution in [-0.4, -0.2) is 46.8 Å². The number of amides is 4. The first-order chi connectivity index (χ1) is 10.0. The lowest BCUT2D eigenvalue weighted by molar-refractivity contribution is -0.144. The maximum atomic E-state index is 12.1. The second kappa shape index (κ2) is 5.20. The molecule has 0 bridgehead atoms. The number of imide groups is 1. The number of carbonyl (C=O) groups is 3. The Kier molecular flexibility index (Phi) is 3.37. The van der Waals surface area contributed by atoms with Gasteiger partial charge in [0, 0.05) is 31.6 Å². The smallest absolute Gasteiger partial charge is 0.320 e. The normalized spacial score (nSPS) is 18.9. The van der Waals surface area contributed by atoms with Crippen LogP contribution in [0.4, 0.5) is 10.5 Å². The van der Waals surface area contributed by atoms with E-state index in [-0.39, 0.29) is 23.9 Å². The zero-order valence-corrected chi connectivity index (χ0v) is 11.8. The van der Waals surface area contributed by atoms with E-state index in [0.29, 0.717) is 25.9 Å². The summed E-state index contributed by atoms with van der Waals surface area (Å²) in [6, 6.07) is 7.20. The third kappa shape index (κ3) is 2.61. The van der Waals surface area contributed by atoms with Crippen molar-refractivity contribution in [2.24, 2.45) is 0 Å². The van der Waals surface area contributed by atoms with Gasteiger partial charge < -0.3 is 10.2 Å². The Labute approximate surface area is 122 Å². The molecule has 6 nitrogen and oxygen atoms in total. The van der Waals surface area contributed by atoms with Crippen molar-refractivity contribution in [1.82, 2.24) is 9.80 Å². The highest BCUT2D eigenvalue weighted by Gasteiger charge is 2.42. The summed E-state index contributed by atoms with van der Waals surface area (Å²) in [5.74, 6) is -0.243. The molecule has 2 saturated heterocycles. The Balaban J connectivity index is 1.55. The zero-order valence-electron chi connectivity index (χ0n) is 11.8. The summed E-state index contributed by atoms with van der Waals surface area (Å²) in [5.41, 5.74) is 1.82. The maximum Gasteiger partial charge on any atom is 0.321 e. The molecule has 0 spiro atoms. The molecule has 4 amide bonds. The van der Waals surface area contributed by atoms with E-state index >= 15 is 0 Å². The highest BCUT2D eigenvalue weighted by molar-refractivity contribution is 6.02. The lowest BCUT2D eigenvalue weighted by atomic mass is 10.1. The van der Waals surface area contributed by atoms with E-state index < -0.39 is 0 Å². The van der Waals surface area contributed by atoms with Crippen LogP contribution in [-0.2, 0) is 9.59 Å². The number of hydrogen-bond donors (Lipinski definition) is 1. The summed E-state index contributed by atoms with van der Waals surface area (Å²) in [7, 11) is 0. The molecule has 0 radical (unpaired) electrons. The predicted octanol–water partition coefficient (Wildman–Crippen LogP) is 1.36. The topological polar surface area (TPSA) is 69.7 Å². The lowest BCUT2D eigenvalue weighted by Gasteiger charge is -2.42. The number of benzene rings is 1. The van der Waals surface area contributed by atoms with Crippen LogP contribution in [0.3, 0.4) is 0 Å². The molecule has 0 aromatic heterocycles. The van der Waals surface area contributed by atoms with Crippen LogP contribution in [0.15, 0.2) is 24.3 Å². The molecule has 21 heavy (non-hydrogen) atoms. The zero-order chi connectivity index (χ0) is 15.0. The van der Waals surface area contributed by atoms with Crippen molar-refractivity contribution in [3.05, 3.63) is 29.8 Å². The van der Waals surface area contributed by atoms with E-state index in [4.69, 9.17) is 0 Å². The van der Waals surface area contributed by atoms with Crippen molar-refractivity contribution in [1.29, 1.82) is 0 Å². The largest absolute Gasteiger partial charge is 0.321 e. The van der Waals surface area contributed by atoms with Gasteiger partial charge in [0.2, 0.25) is 11.8 Å². The van der Waals surface area contributed by atoms with Crippen molar-refractivity contribution in [2.75, 3.05) is 18.4 Å². The molecule has 0 atom stereocenters. The standard InChI is InChI=1S/C15H17N3O3/c1-10-3-2-4-11(7-10)16-15(21)17-8-12(9-17)18-13(19)5-6-14(18)20/h2-4,7,12H,5-6,8-9H2,1H3,(H,16,21). The van der Waals surface area contributed by atoms with Crippen LogP contribution in [0.1, 0.15) is 18.4 Å². The first-order valence-electron chi connectivity index (χ1n) is 7.02. The van der Waals surface area contributed by atoms with Crippen molar-refractivity contribution in [2.45, 2.75) is 25.8 Å². The summed E-state index contributed by atoms with van der Waals surface area (Å²) in [4.78, 5) is 38.2. The Hall–Kier alpha value is -2.37. The van der Waals surface area contributed by atoms with Crippen molar-refractivity contribution < 1.29 is 14.4 Å². The van der Waals surface area contributed by atoms with E-state index in [1.165, 1.54) is 4.90 Å². The molecule has 1 aromatic rings. The van der Waals surface area contributed by atoms with Crippen LogP contribution >= 0.6 is 0 Å². The van der Waals surface area contributed by atoms with Gasteiger partial charge in [-0.15, -0.1) is 0 Å². The van der Waals surface area contributed by atoms with Crippen LogP contribution in [0, 0.1) is 6.92 Å². The molecule has 0 saturated carbocycles. The molecule has 110 valence electrons. The summed E-state index contributed by atoms with van der Waals surface area (Å²) in [5, 5.41) is 2.82. The molecule has 2 aliphatic heterocycles. The number of nitrogens with one attached hydrogen (secondary N) is 1. The molecule has 6 heteroatoms. The Morgan fingerprint density at radius 3 is 2.48 bits per heavy atom. The van der Waals surface area contributed by atoms with Crippen LogP contribution < -0.4 is 5.32 Å². The second-order valence-electron chi connectivity index (χ2n) is 5.52. The Morgan fingerprint density at radius 1 is 1.19 bits per heavy atom. The fourth-order valence-corrected chi connectivity index (χ4v) is 2.71. The van der Waals surface area contributed by atoms with Gasteiger partial charge in [-0.2, -0.15) is 0 Å². The van der Waals surface area contributed by atoms with E-state index in [0.717, 1.165) is 11.3 Å². The minimum atomic E-state index is -0.198. The number of nitrogens with zero attached hydrogens (tertiary/aromatic N) is 2. The molecule has 1 aromatic carbocycles.